The van der Waals surface area contributed by atoms with Gasteiger partial charge in [0.05, 0.1) is 0 Å². The van der Waals surface area contributed by atoms with E-state index in [0.29, 0.717) is 18.9 Å². The first-order chi connectivity index (χ1) is 11.6. The summed E-state index contributed by atoms with van der Waals surface area (Å²) in [5.41, 5.74) is 8.46. The quantitative estimate of drug-likeness (QED) is 0.840. The zero-order valence-electron chi connectivity index (χ0n) is 14.3. The lowest BCUT2D eigenvalue weighted by Gasteiger charge is -2.30. The molecule has 0 saturated heterocycles. The average Bonchev–Trinajstić information content (AvgIpc) is 3.46. The molecule has 24 heavy (non-hydrogen) atoms. The van der Waals surface area contributed by atoms with Crippen LogP contribution in [0.5, 0.6) is 0 Å². The lowest BCUT2D eigenvalue weighted by Crippen LogP contribution is -2.40. The number of hydrogen-bond donors (Lipinski definition) is 1. The summed E-state index contributed by atoms with van der Waals surface area (Å²) in [5.74, 6) is 0.792. The normalized spacial score (nSPS) is 16.4. The van der Waals surface area contributed by atoms with E-state index in [1.54, 1.807) is 0 Å². The van der Waals surface area contributed by atoms with E-state index in [-0.39, 0.29) is 18.0 Å². The number of hydrogen-bond acceptors (Lipinski definition) is 2. The van der Waals surface area contributed by atoms with Crippen molar-refractivity contribution < 1.29 is 4.79 Å². The van der Waals surface area contributed by atoms with Crippen LogP contribution in [-0.4, -0.2) is 16.8 Å². The first-order valence-corrected chi connectivity index (χ1v) is 8.79. The summed E-state index contributed by atoms with van der Waals surface area (Å²) in [6.07, 6.45) is 2.81. The molecule has 0 radical (unpaired) electrons. The molecule has 2 aromatic rings. The number of amides is 1. The Balaban J connectivity index is 1.71. The third-order valence-corrected chi connectivity index (χ3v) is 4.93. The summed E-state index contributed by atoms with van der Waals surface area (Å²) in [6.45, 7) is 2.84. The second-order valence-electron chi connectivity index (χ2n) is 6.81. The Hall–Kier alpha value is -2.13. The molecule has 0 bridgehead atoms. The van der Waals surface area contributed by atoms with Crippen LogP contribution < -0.4 is 5.73 Å². The summed E-state index contributed by atoms with van der Waals surface area (Å²) >= 11 is 0. The van der Waals surface area contributed by atoms with Gasteiger partial charge in [0.2, 0.25) is 5.91 Å². The van der Waals surface area contributed by atoms with Gasteiger partial charge in [-0.3, -0.25) is 4.79 Å². The monoisotopic (exact) mass is 322 g/mol. The average molecular weight is 322 g/mol. The largest absolute Gasteiger partial charge is 0.335 e. The van der Waals surface area contributed by atoms with Crippen LogP contribution in [0.25, 0.3) is 0 Å². The topological polar surface area (TPSA) is 46.3 Å². The van der Waals surface area contributed by atoms with E-state index in [9.17, 15) is 4.79 Å². The number of carbonyl (C=O) groups excluding carboxylic acids is 1. The summed E-state index contributed by atoms with van der Waals surface area (Å²) < 4.78 is 0. The Bertz CT molecular complexity index is 652. The molecule has 2 unspecified atom stereocenters. The van der Waals surface area contributed by atoms with Gasteiger partial charge in [0.25, 0.3) is 0 Å². The van der Waals surface area contributed by atoms with Crippen LogP contribution in [0.15, 0.2) is 60.7 Å². The predicted octanol–water partition coefficient (Wildman–Crippen LogP) is 3.90. The van der Waals surface area contributed by atoms with Gasteiger partial charge in [-0.1, -0.05) is 60.7 Å². The van der Waals surface area contributed by atoms with Gasteiger partial charge < -0.3 is 10.6 Å². The van der Waals surface area contributed by atoms with Gasteiger partial charge >= 0.3 is 0 Å². The van der Waals surface area contributed by atoms with Crippen molar-refractivity contribution in [3.63, 3.8) is 0 Å². The van der Waals surface area contributed by atoms with E-state index >= 15 is 0 Å². The van der Waals surface area contributed by atoms with Gasteiger partial charge in [-0.25, -0.2) is 0 Å². The summed E-state index contributed by atoms with van der Waals surface area (Å²) in [4.78, 5) is 15.0. The fraction of sp³-hybridized carbons (Fsp3) is 0.381. The number of nitrogens with zero attached hydrogens (tertiary/aromatic N) is 1. The summed E-state index contributed by atoms with van der Waals surface area (Å²) in [6, 6.07) is 20.1. The maximum Gasteiger partial charge on any atom is 0.225 e. The molecule has 1 saturated carbocycles. The van der Waals surface area contributed by atoms with Crippen molar-refractivity contribution >= 4 is 5.91 Å². The van der Waals surface area contributed by atoms with Gasteiger partial charge in [0, 0.05) is 25.0 Å². The number of rotatable bonds is 7. The molecule has 3 heteroatoms. The SMILES string of the molecule is CC(C1CC1)N(Cc1ccccc1)C(=O)CC(N)c1ccccc1. The van der Waals surface area contributed by atoms with Crippen molar-refractivity contribution in [3.8, 4) is 0 Å². The molecule has 2 aromatic carbocycles. The van der Waals surface area contributed by atoms with Crippen LogP contribution >= 0.6 is 0 Å². The predicted molar refractivity (Wildman–Crippen MR) is 97.2 cm³/mol. The molecule has 1 fully saturated rings. The first kappa shape index (κ1) is 16.7. The van der Waals surface area contributed by atoms with Crippen LogP contribution in [0.3, 0.4) is 0 Å². The molecule has 3 rings (SSSR count). The Morgan fingerprint density at radius 2 is 1.67 bits per heavy atom. The van der Waals surface area contributed by atoms with Crippen molar-refractivity contribution in [1.82, 2.24) is 4.90 Å². The molecule has 1 aliphatic rings. The van der Waals surface area contributed by atoms with E-state index in [0.717, 1.165) is 5.56 Å². The smallest absolute Gasteiger partial charge is 0.225 e. The van der Waals surface area contributed by atoms with E-state index in [2.05, 4.69) is 19.1 Å². The lowest BCUT2D eigenvalue weighted by atomic mass is 10.0. The fourth-order valence-corrected chi connectivity index (χ4v) is 3.20. The highest BCUT2D eigenvalue weighted by molar-refractivity contribution is 5.77. The summed E-state index contributed by atoms with van der Waals surface area (Å²) in [7, 11) is 0. The maximum atomic E-state index is 13.0. The van der Waals surface area contributed by atoms with Crippen LogP contribution in [-0.2, 0) is 11.3 Å². The first-order valence-electron chi connectivity index (χ1n) is 8.79. The molecule has 126 valence electrons. The Kier molecular flexibility index (Phi) is 5.31. The van der Waals surface area contributed by atoms with Gasteiger partial charge in [0.15, 0.2) is 0 Å². The molecular weight excluding hydrogens is 296 g/mol. The van der Waals surface area contributed by atoms with Crippen molar-refractivity contribution in [3.05, 3.63) is 71.8 Å². The molecule has 0 aliphatic heterocycles. The maximum absolute atomic E-state index is 13.0. The molecular formula is C21H26N2O. The van der Waals surface area contributed by atoms with Crippen molar-refractivity contribution in [2.24, 2.45) is 11.7 Å². The van der Waals surface area contributed by atoms with Gasteiger partial charge in [-0.05, 0) is 36.8 Å². The van der Waals surface area contributed by atoms with Crippen LogP contribution in [0, 0.1) is 5.92 Å². The van der Waals surface area contributed by atoms with E-state index < -0.39 is 0 Å². The number of carbonyl (C=O) groups is 1. The van der Waals surface area contributed by atoms with E-state index in [1.165, 1.54) is 18.4 Å². The molecule has 2 N–H and O–H groups in total. The Morgan fingerprint density at radius 1 is 1.08 bits per heavy atom. The second-order valence-corrected chi connectivity index (χ2v) is 6.81. The van der Waals surface area contributed by atoms with Crippen LogP contribution in [0.4, 0.5) is 0 Å². The number of benzene rings is 2. The second kappa shape index (κ2) is 7.63. The van der Waals surface area contributed by atoms with Crippen LogP contribution in [0.2, 0.25) is 0 Å². The van der Waals surface area contributed by atoms with Crippen LogP contribution in [0.1, 0.15) is 43.4 Å². The van der Waals surface area contributed by atoms with E-state index in [1.807, 2.05) is 53.4 Å². The Morgan fingerprint density at radius 3 is 2.25 bits per heavy atom. The van der Waals surface area contributed by atoms with Gasteiger partial charge in [0.1, 0.15) is 0 Å². The third-order valence-electron chi connectivity index (χ3n) is 4.93. The molecule has 0 spiro atoms. The molecule has 0 heterocycles. The van der Waals surface area contributed by atoms with Gasteiger partial charge in [-0.15, -0.1) is 0 Å². The van der Waals surface area contributed by atoms with E-state index in [4.69, 9.17) is 5.73 Å². The zero-order chi connectivity index (χ0) is 16.9. The lowest BCUT2D eigenvalue weighted by molar-refractivity contribution is -0.134. The highest BCUT2D eigenvalue weighted by Gasteiger charge is 2.34. The minimum atomic E-state index is -0.247. The zero-order valence-corrected chi connectivity index (χ0v) is 14.3. The number of nitrogens with two attached hydrogens (primary N) is 1. The van der Waals surface area contributed by atoms with Crippen molar-refractivity contribution in [2.75, 3.05) is 0 Å². The standard InChI is InChI=1S/C21H26N2O/c1-16(18-12-13-18)23(15-17-8-4-2-5-9-17)21(24)14-20(22)19-10-6-3-7-11-19/h2-11,16,18,20H,12-15,22H2,1H3. The molecule has 0 aromatic heterocycles. The molecule has 1 aliphatic carbocycles. The highest BCUT2D eigenvalue weighted by Crippen LogP contribution is 2.36. The minimum absolute atomic E-state index is 0.148. The Labute approximate surface area is 144 Å². The van der Waals surface area contributed by atoms with Crippen molar-refractivity contribution in [1.29, 1.82) is 0 Å². The fourth-order valence-electron chi connectivity index (χ4n) is 3.20. The molecule has 3 nitrogen and oxygen atoms in total. The molecule has 2 atom stereocenters. The third kappa shape index (κ3) is 4.24. The summed E-state index contributed by atoms with van der Waals surface area (Å²) in [5, 5.41) is 0. The van der Waals surface area contributed by atoms with Crippen molar-refractivity contribution in [2.45, 2.75) is 44.8 Å². The van der Waals surface area contributed by atoms with Gasteiger partial charge in [-0.2, -0.15) is 0 Å². The minimum Gasteiger partial charge on any atom is -0.335 e. The highest BCUT2D eigenvalue weighted by atomic mass is 16.2. The molecule has 1 amide bonds.